The number of nitrogens with zero attached hydrogens (tertiary/aromatic N) is 3. The zero-order valence-corrected chi connectivity index (χ0v) is 13.2. The Hall–Kier alpha value is -2.75. The van der Waals surface area contributed by atoms with Crippen LogP contribution in [0.15, 0.2) is 46.8 Å². The van der Waals surface area contributed by atoms with E-state index in [4.69, 9.17) is 5.26 Å². The van der Waals surface area contributed by atoms with Crippen molar-refractivity contribution in [2.24, 2.45) is 4.99 Å². The molecule has 0 radical (unpaired) electrons. The fourth-order valence-corrected chi connectivity index (χ4v) is 3.84. The van der Waals surface area contributed by atoms with Crippen LogP contribution in [0.2, 0.25) is 0 Å². The summed E-state index contributed by atoms with van der Waals surface area (Å²) in [4.78, 5) is 6.33. The van der Waals surface area contributed by atoms with E-state index in [1.54, 1.807) is 17.2 Å². The molecule has 0 N–H and O–H groups in total. The van der Waals surface area contributed by atoms with Crippen LogP contribution >= 0.6 is 0 Å². The number of amidine groups is 1. The van der Waals surface area contributed by atoms with Gasteiger partial charge in [0.2, 0.25) is 0 Å². The number of aliphatic imine (C=N–C) groups is 1. The average Bonchev–Trinajstić information content (AvgIpc) is 2.94. The van der Waals surface area contributed by atoms with E-state index in [-0.39, 0.29) is 23.0 Å². The Bertz CT molecular complexity index is 869. The molecule has 0 unspecified atom stereocenters. The van der Waals surface area contributed by atoms with Crippen molar-refractivity contribution in [3.8, 4) is 6.07 Å². The van der Waals surface area contributed by atoms with Crippen LogP contribution in [0, 0.1) is 17.1 Å². The lowest BCUT2D eigenvalue weighted by Crippen LogP contribution is -2.36. The summed E-state index contributed by atoms with van der Waals surface area (Å²) in [5.41, 5.74) is 0.908. The molecule has 1 atom stereocenters. The van der Waals surface area contributed by atoms with Crippen molar-refractivity contribution < 1.29 is 17.9 Å². The van der Waals surface area contributed by atoms with Crippen LogP contribution in [0.1, 0.15) is 24.0 Å². The van der Waals surface area contributed by atoms with Crippen LogP contribution in [0.5, 0.6) is 0 Å². The average molecular weight is 345 g/mol. The largest absolute Gasteiger partial charge is 0.431 e. The molecule has 1 aliphatic carbocycles. The fourth-order valence-electron chi connectivity index (χ4n) is 3.84. The van der Waals surface area contributed by atoms with Crippen molar-refractivity contribution in [1.29, 1.82) is 5.26 Å². The van der Waals surface area contributed by atoms with Crippen molar-refractivity contribution in [1.82, 2.24) is 4.90 Å². The number of halogens is 3. The molecule has 0 saturated carbocycles. The highest BCUT2D eigenvalue weighted by atomic mass is 19.3. The second kappa shape index (κ2) is 5.66. The molecule has 0 saturated heterocycles. The molecule has 25 heavy (non-hydrogen) atoms. The summed E-state index contributed by atoms with van der Waals surface area (Å²) in [5.74, 6) is -0.139. The molecule has 4 nitrogen and oxygen atoms in total. The van der Waals surface area contributed by atoms with Crippen LogP contribution in [-0.2, 0) is 16.7 Å². The van der Waals surface area contributed by atoms with Gasteiger partial charge >= 0.3 is 6.61 Å². The molecule has 1 spiro atoms. The highest BCUT2D eigenvalue weighted by Gasteiger charge is 2.46. The van der Waals surface area contributed by atoms with Gasteiger partial charge in [0.15, 0.2) is 11.6 Å². The first-order chi connectivity index (χ1) is 12.0. The molecule has 0 aromatic heterocycles. The van der Waals surface area contributed by atoms with E-state index < -0.39 is 12.2 Å². The van der Waals surface area contributed by atoms with Gasteiger partial charge in [-0.05, 0) is 36.5 Å². The molecule has 1 aromatic rings. The Morgan fingerprint density at radius 2 is 2.20 bits per heavy atom. The van der Waals surface area contributed by atoms with Gasteiger partial charge in [-0.3, -0.25) is 4.99 Å². The summed E-state index contributed by atoms with van der Waals surface area (Å²) in [5, 5.41) is 9.14. The molecule has 0 bridgehead atoms. The normalized spacial score (nSPS) is 24.3. The van der Waals surface area contributed by atoms with Crippen molar-refractivity contribution in [2.75, 3.05) is 6.54 Å². The minimum Gasteiger partial charge on any atom is -0.431 e. The topological polar surface area (TPSA) is 48.6 Å². The standard InChI is InChI=1S/C18H14F3N3O/c19-14-5-1-4-13-12(14)3-2-6-18(13)10-24-9-11(8-22)7-15(16(24)23-18)25-17(20)21/h1,4-5,7,9,17H,2-3,6,10H2/t18-/m1/s1. The van der Waals surface area contributed by atoms with Crippen LogP contribution in [-0.4, -0.2) is 23.9 Å². The number of allylic oxidation sites excluding steroid dienone is 2. The van der Waals surface area contributed by atoms with Crippen LogP contribution in [0.3, 0.4) is 0 Å². The summed E-state index contributed by atoms with van der Waals surface area (Å²) in [6.45, 7) is -2.64. The summed E-state index contributed by atoms with van der Waals surface area (Å²) >= 11 is 0. The van der Waals surface area contributed by atoms with Gasteiger partial charge < -0.3 is 9.64 Å². The number of ether oxygens (including phenoxy) is 1. The van der Waals surface area contributed by atoms with Crippen molar-refractivity contribution in [2.45, 2.75) is 31.4 Å². The second-order valence-electron chi connectivity index (χ2n) is 6.30. The number of hydrogen-bond donors (Lipinski definition) is 0. The van der Waals surface area contributed by atoms with Crippen LogP contribution < -0.4 is 0 Å². The number of rotatable bonds is 2. The first-order valence-electron chi connectivity index (χ1n) is 7.95. The van der Waals surface area contributed by atoms with Gasteiger partial charge in [-0.15, -0.1) is 0 Å². The Balaban J connectivity index is 1.82. The van der Waals surface area contributed by atoms with E-state index in [1.807, 2.05) is 12.1 Å². The third-order valence-electron chi connectivity index (χ3n) is 4.81. The second-order valence-corrected chi connectivity index (χ2v) is 6.30. The molecule has 4 rings (SSSR count). The van der Waals surface area contributed by atoms with E-state index in [9.17, 15) is 13.2 Å². The molecule has 7 heteroatoms. The SMILES string of the molecule is N#CC1=CN2C[C@@]3(CCCc4c(F)cccc43)N=C2C(OC(F)F)=C1. The highest BCUT2D eigenvalue weighted by Crippen LogP contribution is 2.45. The highest BCUT2D eigenvalue weighted by molar-refractivity contribution is 6.01. The Kier molecular flexibility index (Phi) is 3.57. The van der Waals surface area contributed by atoms with Gasteiger partial charge in [-0.1, -0.05) is 12.1 Å². The molecular weight excluding hydrogens is 331 g/mol. The molecule has 0 fully saturated rings. The lowest BCUT2D eigenvalue weighted by molar-refractivity contribution is -0.0906. The minimum atomic E-state index is -3.01. The zero-order chi connectivity index (χ0) is 17.6. The Morgan fingerprint density at radius 1 is 1.36 bits per heavy atom. The summed E-state index contributed by atoms with van der Waals surface area (Å²) in [7, 11) is 0. The summed E-state index contributed by atoms with van der Waals surface area (Å²) in [6, 6.07) is 6.85. The lowest BCUT2D eigenvalue weighted by Gasteiger charge is -2.33. The zero-order valence-electron chi connectivity index (χ0n) is 13.2. The predicted molar refractivity (Wildman–Crippen MR) is 84.0 cm³/mol. The predicted octanol–water partition coefficient (Wildman–Crippen LogP) is 3.62. The number of benzene rings is 1. The molecule has 2 heterocycles. The monoisotopic (exact) mass is 345 g/mol. The third kappa shape index (κ3) is 2.49. The van der Waals surface area contributed by atoms with Gasteiger partial charge in [-0.25, -0.2) is 4.39 Å². The van der Waals surface area contributed by atoms with Gasteiger partial charge in [0.1, 0.15) is 17.4 Å². The van der Waals surface area contributed by atoms with E-state index in [2.05, 4.69) is 9.73 Å². The smallest absolute Gasteiger partial charge is 0.387 e. The minimum absolute atomic E-state index is 0.130. The van der Waals surface area contributed by atoms with Gasteiger partial charge in [0, 0.05) is 12.3 Å². The molecule has 2 aliphatic heterocycles. The maximum Gasteiger partial charge on any atom is 0.387 e. The molecule has 3 aliphatic rings. The van der Waals surface area contributed by atoms with Crippen LogP contribution in [0.4, 0.5) is 13.2 Å². The maximum atomic E-state index is 14.2. The van der Waals surface area contributed by atoms with Gasteiger partial charge in [0.05, 0.1) is 12.1 Å². The van der Waals surface area contributed by atoms with Crippen molar-refractivity contribution in [3.63, 3.8) is 0 Å². The van der Waals surface area contributed by atoms with E-state index in [0.29, 0.717) is 24.9 Å². The third-order valence-corrected chi connectivity index (χ3v) is 4.81. The number of nitriles is 1. The molecule has 128 valence electrons. The number of fused-ring (bicyclic) bond motifs is 3. The molecule has 1 aromatic carbocycles. The first kappa shape index (κ1) is 15.8. The van der Waals surface area contributed by atoms with Crippen molar-refractivity contribution >= 4 is 5.84 Å². The number of hydrogen-bond acceptors (Lipinski definition) is 4. The molecular formula is C18H14F3N3O. The summed E-state index contributed by atoms with van der Waals surface area (Å²) < 4.78 is 44.3. The Labute approximate surface area is 142 Å². The first-order valence-corrected chi connectivity index (χ1v) is 7.95. The maximum absolute atomic E-state index is 14.2. The lowest BCUT2D eigenvalue weighted by atomic mass is 9.77. The van der Waals surface area contributed by atoms with E-state index in [0.717, 1.165) is 12.0 Å². The van der Waals surface area contributed by atoms with Gasteiger partial charge in [0.25, 0.3) is 0 Å². The van der Waals surface area contributed by atoms with E-state index >= 15 is 0 Å². The van der Waals surface area contributed by atoms with Crippen molar-refractivity contribution in [3.05, 3.63) is 58.8 Å². The quantitative estimate of drug-likeness (QED) is 0.823. The summed E-state index contributed by atoms with van der Waals surface area (Å²) in [6.07, 6.45) is 4.89. The molecule has 0 amide bonds. The van der Waals surface area contributed by atoms with E-state index in [1.165, 1.54) is 12.1 Å². The fraction of sp³-hybridized carbons (Fsp3) is 0.333. The Morgan fingerprint density at radius 3 is 2.96 bits per heavy atom. The number of alkyl halides is 2. The van der Waals surface area contributed by atoms with Gasteiger partial charge in [-0.2, -0.15) is 14.0 Å². The van der Waals surface area contributed by atoms with Crippen LogP contribution in [0.25, 0.3) is 0 Å².